The predicted molar refractivity (Wildman–Crippen MR) is 84.4 cm³/mol. The van der Waals surface area contributed by atoms with E-state index in [2.05, 4.69) is 80.7 Å². The van der Waals surface area contributed by atoms with Gasteiger partial charge in [0.15, 0.2) is 0 Å². The third kappa shape index (κ3) is 3.79. The van der Waals surface area contributed by atoms with Crippen LogP contribution in [-0.4, -0.2) is 14.9 Å². The third-order valence-electron chi connectivity index (χ3n) is 3.53. The van der Waals surface area contributed by atoms with Gasteiger partial charge in [-0.2, -0.15) is 0 Å². The molecule has 0 aliphatic carbocycles. The summed E-state index contributed by atoms with van der Waals surface area (Å²) in [6.07, 6.45) is 0. The summed E-state index contributed by atoms with van der Waals surface area (Å²) in [4.78, 5) is 0. The zero-order valence-corrected chi connectivity index (χ0v) is 13.0. The summed E-state index contributed by atoms with van der Waals surface area (Å²) in [5, 5.41) is 1.36. The van der Waals surface area contributed by atoms with Crippen LogP contribution in [0.4, 0.5) is 0 Å². The molecule has 0 aromatic heterocycles. The molecule has 1 unspecified atom stereocenters. The lowest BCUT2D eigenvalue weighted by atomic mass is 10.0. The second-order valence-electron chi connectivity index (χ2n) is 5.50. The standard InChI is InChI=1S/C17H22OSi/c1-15(16-10-6-4-7-11-16)14-18-19(2,3)17-12-8-5-9-13-17/h4-13,15H,14H2,1-3H3. The van der Waals surface area contributed by atoms with Crippen molar-refractivity contribution in [2.75, 3.05) is 6.61 Å². The van der Waals surface area contributed by atoms with Gasteiger partial charge in [0.2, 0.25) is 8.32 Å². The van der Waals surface area contributed by atoms with E-state index in [1.807, 2.05) is 0 Å². The minimum absolute atomic E-state index is 0.441. The van der Waals surface area contributed by atoms with Crippen LogP contribution in [0.25, 0.3) is 0 Å². The summed E-state index contributed by atoms with van der Waals surface area (Å²) in [6.45, 7) is 7.54. The molecule has 2 aromatic carbocycles. The molecule has 0 radical (unpaired) electrons. The first-order valence-electron chi connectivity index (χ1n) is 6.84. The molecule has 0 aliphatic heterocycles. The van der Waals surface area contributed by atoms with Crippen molar-refractivity contribution in [3.63, 3.8) is 0 Å². The first-order valence-corrected chi connectivity index (χ1v) is 9.75. The summed E-state index contributed by atoms with van der Waals surface area (Å²) in [7, 11) is -1.78. The highest BCUT2D eigenvalue weighted by Gasteiger charge is 2.25. The van der Waals surface area contributed by atoms with Crippen molar-refractivity contribution >= 4 is 13.5 Å². The quantitative estimate of drug-likeness (QED) is 0.748. The molecule has 0 fully saturated rings. The molecule has 0 aliphatic rings. The maximum atomic E-state index is 6.27. The van der Waals surface area contributed by atoms with Crippen LogP contribution in [0.5, 0.6) is 0 Å². The van der Waals surface area contributed by atoms with E-state index in [0.29, 0.717) is 5.92 Å². The monoisotopic (exact) mass is 270 g/mol. The third-order valence-corrected chi connectivity index (χ3v) is 6.14. The van der Waals surface area contributed by atoms with Crippen molar-refractivity contribution in [1.82, 2.24) is 0 Å². The van der Waals surface area contributed by atoms with E-state index in [4.69, 9.17) is 4.43 Å². The van der Waals surface area contributed by atoms with Crippen LogP contribution >= 0.6 is 0 Å². The van der Waals surface area contributed by atoms with Crippen LogP contribution in [0.15, 0.2) is 60.7 Å². The van der Waals surface area contributed by atoms with Gasteiger partial charge in [0.05, 0.1) is 0 Å². The van der Waals surface area contributed by atoms with Gasteiger partial charge in [0.25, 0.3) is 0 Å². The van der Waals surface area contributed by atoms with Crippen LogP contribution in [0.1, 0.15) is 18.4 Å². The topological polar surface area (TPSA) is 9.23 Å². The van der Waals surface area contributed by atoms with Gasteiger partial charge < -0.3 is 4.43 Å². The normalized spacial score (nSPS) is 13.2. The second kappa shape index (κ2) is 6.18. The van der Waals surface area contributed by atoms with E-state index in [1.165, 1.54) is 10.8 Å². The van der Waals surface area contributed by atoms with E-state index in [0.717, 1.165) is 6.61 Å². The number of benzene rings is 2. The number of rotatable bonds is 5. The fraction of sp³-hybridized carbons (Fsp3) is 0.294. The summed E-state index contributed by atoms with van der Waals surface area (Å²) in [5.74, 6) is 0.441. The van der Waals surface area contributed by atoms with Gasteiger partial charge in [-0.3, -0.25) is 0 Å². The first kappa shape index (κ1) is 14.0. The lowest BCUT2D eigenvalue weighted by Crippen LogP contribution is -2.45. The van der Waals surface area contributed by atoms with Crippen LogP contribution in [-0.2, 0) is 4.43 Å². The van der Waals surface area contributed by atoms with Crippen molar-refractivity contribution in [2.45, 2.75) is 25.9 Å². The Hall–Kier alpha value is -1.38. The zero-order valence-electron chi connectivity index (χ0n) is 12.0. The van der Waals surface area contributed by atoms with Gasteiger partial charge in [0.1, 0.15) is 0 Å². The molecular formula is C17H22OSi. The lowest BCUT2D eigenvalue weighted by molar-refractivity contribution is 0.293. The summed E-state index contributed by atoms with van der Waals surface area (Å²) in [6, 6.07) is 21.2. The van der Waals surface area contributed by atoms with Crippen molar-refractivity contribution in [1.29, 1.82) is 0 Å². The van der Waals surface area contributed by atoms with Crippen LogP contribution in [0.2, 0.25) is 13.1 Å². The average molecular weight is 270 g/mol. The van der Waals surface area contributed by atoms with E-state index < -0.39 is 8.32 Å². The second-order valence-corrected chi connectivity index (χ2v) is 9.39. The Morgan fingerprint density at radius 1 is 0.895 bits per heavy atom. The molecule has 0 bridgehead atoms. The minimum Gasteiger partial charge on any atom is -0.412 e. The van der Waals surface area contributed by atoms with E-state index in [9.17, 15) is 0 Å². The Balaban J connectivity index is 1.99. The molecule has 0 saturated carbocycles. The molecule has 0 N–H and O–H groups in total. The van der Waals surface area contributed by atoms with E-state index >= 15 is 0 Å². The zero-order chi connectivity index (χ0) is 13.7. The number of hydrogen-bond donors (Lipinski definition) is 0. The van der Waals surface area contributed by atoms with Gasteiger partial charge in [-0.05, 0) is 23.8 Å². The van der Waals surface area contributed by atoms with Crippen molar-refractivity contribution in [2.24, 2.45) is 0 Å². The Morgan fingerprint density at radius 2 is 1.42 bits per heavy atom. The van der Waals surface area contributed by atoms with Crippen molar-refractivity contribution in [3.05, 3.63) is 66.2 Å². The Morgan fingerprint density at radius 3 is 2.00 bits per heavy atom. The average Bonchev–Trinajstić information content (AvgIpc) is 2.47. The molecule has 0 heterocycles. The Labute approximate surface area is 117 Å². The van der Waals surface area contributed by atoms with Gasteiger partial charge >= 0.3 is 0 Å². The van der Waals surface area contributed by atoms with Gasteiger partial charge in [-0.1, -0.05) is 67.6 Å². The van der Waals surface area contributed by atoms with Crippen molar-refractivity contribution in [3.8, 4) is 0 Å². The van der Waals surface area contributed by atoms with Crippen molar-refractivity contribution < 1.29 is 4.43 Å². The highest BCUT2D eigenvalue weighted by molar-refractivity contribution is 6.84. The first-order chi connectivity index (χ1) is 9.09. The van der Waals surface area contributed by atoms with Gasteiger partial charge in [-0.15, -0.1) is 0 Å². The van der Waals surface area contributed by atoms with Crippen LogP contribution in [0.3, 0.4) is 0 Å². The predicted octanol–water partition coefficient (Wildman–Crippen LogP) is 3.92. The molecule has 19 heavy (non-hydrogen) atoms. The highest BCUT2D eigenvalue weighted by atomic mass is 28.4. The summed E-state index contributed by atoms with van der Waals surface area (Å²) < 4.78 is 6.27. The molecule has 2 rings (SSSR count). The maximum absolute atomic E-state index is 6.27. The SMILES string of the molecule is CC(CO[Si](C)(C)c1ccccc1)c1ccccc1. The molecule has 0 saturated heterocycles. The molecule has 100 valence electrons. The summed E-state index contributed by atoms with van der Waals surface area (Å²) in [5.41, 5.74) is 1.35. The Kier molecular flexibility index (Phi) is 4.56. The van der Waals surface area contributed by atoms with Gasteiger partial charge in [-0.25, -0.2) is 0 Å². The largest absolute Gasteiger partial charge is 0.412 e. The molecule has 0 spiro atoms. The fourth-order valence-electron chi connectivity index (χ4n) is 2.13. The maximum Gasteiger partial charge on any atom is 0.218 e. The van der Waals surface area contributed by atoms with E-state index in [-0.39, 0.29) is 0 Å². The molecule has 1 nitrogen and oxygen atoms in total. The van der Waals surface area contributed by atoms with Crippen LogP contribution < -0.4 is 5.19 Å². The number of hydrogen-bond acceptors (Lipinski definition) is 1. The summed E-state index contributed by atoms with van der Waals surface area (Å²) >= 11 is 0. The van der Waals surface area contributed by atoms with Crippen LogP contribution in [0, 0.1) is 0 Å². The van der Waals surface area contributed by atoms with Gasteiger partial charge in [0, 0.05) is 12.5 Å². The molecule has 1 atom stereocenters. The minimum atomic E-state index is -1.78. The molecule has 0 amide bonds. The van der Waals surface area contributed by atoms with E-state index in [1.54, 1.807) is 0 Å². The highest BCUT2D eigenvalue weighted by Crippen LogP contribution is 2.17. The molecule has 2 aromatic rings. The Bertz CT molecular complexity index is 493. The fourth-order valence-corrected chi connectivity index (χ4v) is 3.96. The smallest absolute Gasteiger partial charge is 0.218 e. The lowest BCUT2D eigenvalue weighted by Gasteiger charge is -2.25. The molecular weight excluding hydrogens is 248 g/mol. The molecule has 2 heteroatoms.